The van der Waals surface area contributed by atoms with Crippen LogP contribution < -0.4 is 4.90 Å². The van der Waals surface area contributed by atoms with Crippen molar-refractivity contribution in [3.8, 4) is 21.9 Å². The summed E-state index contributed by atoms with van der Waals surface area (Å²) in [5.74, 6) is 1.47. The molecule has 0 amide bonds. The summed E-state index contributed by atoms with van der Waals surface area (Å²) in [6, 6.07) is 6.03. The zero-order chi connectivity index (χ0) is 17.9. The van der Waals surface area contributed by atoms with Gasteiger partial charge in [-0.1, -0.05) is 17.3 Å². The van der Waals surface area contributed by atoms with Crippen LogP contribution in [0.1, 0.15) is 5.69 Å². The lowest BCUT2D eigenvalue weighted by Gasteiger charge is -2.34. The highest BCUT2D eigenvalue weighted by molar-refractivity contribution is 7.13. The highest BCUT2D eigenvalue weighted by Crippen LogP contribution is 2.34. The molecule has 1 saturated heterocycles. The van der Waals surface area contributed by atoms with E-state index in [1.165, 1.54) is 0 Å². The third-order valence-corrected chi connectivity index (χ3v) is 5.34. The maximum absolute atomic E-state index is 5.46. The Kier molecular flexibility index (Phi) is 4.81. The summed E-state index contributed by atoms with van der Waals surface area (Å²) in [4.78, 5) is 15.2. The number of hydrogen-bond acceptors (Lipinski definition) is 7. The van der Waals surface area contributed by atoms with Gasteiger partial charge in [-0.15, -0.1) is 17.9 Å². The minimum atomic E-state index is 0.702. The molecule has 3 aromatic rings. The SMILES string of the molecule is C=CCN1CCN(c2ncc(-c3cc(C)no3)c(-c3cccs3)n2)CC1. The molecule has 4 heterocycles. The largest absolute Gasteiger partial charge is 0.356 e. The van der Waals surface area contributed by atoms with Gasteiger partial charge in [-0.2, -0.15) is 0 Å². The summed E-state index contributed by atoms with van der Waals surface area (Å²) in [6.07, 6.45) is 3.81. The summed E-state index contributed by atoms with van der Waals surface area (Å²) >= 11 is 1.66. The minimum absolute atomic E-state index is 0.702. The molecule has 0 N–H and O–H groups in total. The van der Waals surface area contributed by atoms with Crippen molar-refractivity contribution in [2.45, 2.75) is 6.92 Å². The number of aromatic nitrogens is 3. The van der Waals surface area contributed by atoms with Crippen molar-refractivity contribution in [2.75, 3.05) is 37.6 Å². The third kappa shape index (κ3) is 3.40. The van der Waals surface area contributed by atoms with Crippen molar-refractivity contribution in [1.29, 1.82) is 0 Å². The lowest BCUT2D eigenvalue weighted by atomic mass is 10.1. The van der Waals surface area contributed by atoms with Crippen LogP contribution in [0.15, 0.2) is 47.0 Å². The first-order valence-electron chi connectivity index (χ1n) is 8.67. The second-order valence-electron chi connectivity index (χ2n) is 6.32. The first-order valence-corrected chi connectivity index (χ1v) is 9.55. The molecule has 0 spiro atoms. The number of nitrogens with zero attached hydrogens (tertiary/aromatic N) is 5. The maximum atomic E-state index is 5.46. The highest BCUT2D eigenvalue weighted by Gasteiger charge is 2.21. The lowest BCUT2D eigenvalue weighted by molar-refractivity contribution is 0.283. The molecular formula is C19H21N5OS. The Morgan fingerprint density at radius 2 is 2.15 bits per heavy atom. The maximum Gasteiger partial charge on any atom is 0.226 e. The van der Waals surface area contributed by atoms with Crippen LogP contribution in [-0.4, -0.2) is 52.7 Å². The predicted octanol–water partition coefficient (Wildman–Crippen LogP) is 3.48. The van der Waals surface area contributed by atoms with Gasteiger partial charge >= 0.3 is 0 Å². The molecule has 134 valence electrons. The molecule has 0 unspecified atom stereocenters. The third-order valence-electron chi connectivity index (χ3n) is 4.47. The van der Waals surface area contributed by atoms with E-state index in [-0.39, 0.29) is 0 Å². The van der Waals surface area contributed by atoms with E-state index < -0.39 is 0 Å². The van der Waals surface area contributed by atoms with E-state index in [2.05, 4.69) is 38.0 Å². The molecule has 6 nitrogen and oxygen atoms in total. The molecule has 7 heteroatoms. The van der Waals surface area contributed by atoms with Crippen LogP contribution in [-0.2, 0) is 0 Å². The van der Waals surface area contributed by atoms with E-state index in [0.29, 0.717) is 5.76 Å². The van der Waals surface area contributed by atoms with Gasteiger partial charge in [-0.3, -0.25) is 4.90 Å². The zero-order valence-electron chi connectivity index (χ0n) is 14.8. The average molecular weight is 367 g/mol. The fourth-order valence-electron chi connectivity index (χ4n) is 3.11. The molecule has 0 atom stereocenters. The number of anilines is 1. The van der Waals surface area contributed by atoms with Gasteiger partial charge in [0.05, 0.1) is 21.8 Å². The Hall–Kier alpha value is -2.51. The van der Waals surface area contributed by atoms with Crippen molar-refractivity contribution in [2.24, 2.45) is 0 Å². The summed E-state index contributed by atoms with van der Waals surface area (Å²) < 4.78 is 5.46. The van der Waals surface area contributed by atoms with E-state index in [4.69, 9.17) is 9.51 Å². The van der Waals surface area contributed by atoms with Crippen LogP contribution in [0.5, 0.6) is 0 Å². The van der Waals surface area contributed by atoms with E-state index in [9.17, 15) is 0 Å². The van der Waals surface area contributed by atoms with Gasteiger partial charge < -0.3 is 9.42 Å². The van der Waals surface area contributed by atoms with Crippen LogP contribution in [0.2, 0.25) is 0 Å². The first-order chi connectivity index (χ1) is 12.7. The number of hydrogen-bond donors (Lipinski definition) is 0. The van der Waals surface area contributed by atoms with Gasteiger partial charge in [0.15, 0.2) is 5.76 Å². The Labute approximate surface area is 156 Å². The number of piperazine rings is 1. The van der Waals surface area contributed by atoms with Crippen molar-refractivity contribution < 1.29 is 4.52 Å². The Balaban J connectivity index is 1.66. The molecule has 1 fully saturated rings. The Bertz CT molecular complexity index is 881. The van der Waals surface area contributed by atoms with Crippen LogP contribution >= 0.6 is 11.3 Å². The average Bonchev–Trinajstić information content (AvgIpc) is 3.34. The number of rotatable bonds is 5. The highest BCUT2D eigenvalue weighted by atomic mass is 32.1. The van der Waals surface area contributed by atoms with Crippen molar-refractivity contribution in [3.05, 3.63) is 48.1 Å². The van der Waals surface area contributed by atoms with E-state index in [0.717, 1.165) is 60.5 Å². The summed E-state index contributed by atoms with van der Waals surface area (Å²) in [7, 11) is 0. The van der Waals surface area contributed by atoms with Crippen molar-refractivity contribution in [1.82, 2.24) is 20.0 Å². The fraction of sp³-hybridized carbons (Fsp3) is 0.316. The smallest absolute Gasteiger partial charge is 0.226 e. The molecule has 3 aromatic heterocycles. The van der Waals surface area contributed by atoms with Crippen LogP contribution in [0.25, 0.3) is 21.9 Å². The fourth-order valence-corrected chi connectivity index (χ4v) is 3.84. The molecular weight excluding hydrogens is 346 g/mol. The second-order valence-corrected chi connectivity index (χ2v) is 7.27. The van der Waals surface area contributed by atoms with Gasteiger partial charge in [0, 0.05) is 45.0 Å². The second kappa shape index (κ2) is 7.39. The van der Waals surface area contributed by atoms with E-state index in [1.54, 1.807) is 11.3 Å². The van der Waals surface area contributed by atoms with Crippen molar-refractivity contribution in [3.63, 3.8) is 0 Å². The molecule has 1 aliphatic heterocycles. The molecule has 26 heavy (non-hydrogen) atoms. The normalized spacial score (nSPS) is 15.3. The predicted molar refractivity (Wildman–Crippen MR) is 104 cm³/mol. The molecule has 4 rings (SSSR count). The van der Waals surface area contributed by atoms with Gasteiger partial charge in [0.25, 0.3) is 0 Å². The van der Waals surface area contributed by atoms with Crippen LogP contribution in [0, 0.1) is 6.92 Å². The molecule has 0 radical (unpaired) electrons. The summed E-state index contributed by atoms with van der Waals surface area (Å²) in [5.41, 5.74) is 2.62. The molecule has 0 saturated carbocycles. The summed E-state index contributed by atoms with van der Waals surface area (Å²) in [6.45, 7) is 10.5. The standard InChI is InChI=1S/C19H21N5OS/c1-3-6-23-7-9-24(10-8-23)19-20-13-15(16-12-14(2)22-25-16)18(21-19)17-5-4-11-26-17/h3-5,11-13H,1,6-10H2,2H3. The van der Waals surface area contributed by atoms with Gasteiger partial charge in [-0.25, -0.2) is 9.97 Å². The van der Waals surface area contributed by atoms with Crippen LogP contribution in [0.4, 0.5) is 5.95 Å². The van der Waals surface area contributed by atoms with Crippen LogP contribution in [0.3, 0.4) is 0 Å². The van der Waals surface area contributed by atoms with E-state index >= 15 is 0 Å². The van der Waals surface area contributed by atoms with Gasteiger partial charge in [-0.05, 0) is 18.4 Å². The monoisotopic (exact) mass is 367 g/mol. The first kappa shape index (κ1) is 16.9. The number of aryl methyl sites for hydroxylation is 1. The topological polar surface area (TPSA) is 58.3 Å². The molecule has 0 bridgehead atoms. The van der Waals surface area contributed by atoms with Gasteiger partial charge in [0.2, 0.25) is 5.95 Å². The van der Waals surface area contributed by atoms with Crippen molar-refractivity contribution >= 4 is 17.3 Å². The minimum Gasteiger partial charge on any atom is -0.356 e. The Morgan fingerprint density at radius 3 is 2.81 bits per heavy atom. The van der Waals surface area contributed by atoms with Gasteiger partial charge in [0.1, 0.15) is 0 Å². The quantitative estimate of drug-likeness (QED) is 0.644. The number of thiophene rings is 1. The molecule has 1 aliphatic rings. The Morgan fingerprint density at radius 1 is 1.31 bits per heavy atom. The zero-order valence-corrected chi connectivity index (χ0v) is 15.6. The lowest BCUT2D eigenvalue weighted by Crippen LogP contribution is -2.46. The molecule has 0 aromatic carbocycles. The summed E-state index contributed by atoms with van der Waals surface area (Å²) in [5, 5.41) is 6.06. The molecule has 0 aliphatic carbocycles. The van der Waals surface area contributed by atoms with E-state index in [1.807, 2.05) is 31.3 Å².